The second-order valence-electron chi connectivity index (χ2n) is 6.72. The molecule has 2 amide bonds. The number of ether oxygens (including phenoxy) is 2. The summed E-state index contributed by atoms with van der Waals surface area (Å²) in [4.78, 5) is 23.5. The van der Waals surface area contributed by atoms with Gasteiger partial charge in [-0.15, -0.1) is 0 Å². The molecule has 3 N–H and O–H groups in total. The maximum Gasteiger partial charge on any atom is 0.291 e. The summed E-state index contributed by atoms with van der Waals surface area (Å²) in [6, 6.07) is 5.79. The van der Waals surface area contributed by atoms with E-state index in [9.17, 15) is 18.0 Å². The van der Waals surface area contributed by atoms with Crippen molar-refractivity contribution < 1.29 is 31.9 Å². The Morgan fingerprint density at radius 2 is 1.90 bits per heavy atom. The van der Waals surface area contributed by atoms with Crippen molar-refractivity contribution in [2.24, 2.45) is 5.73 Å². The number of rotatable bonds is 8. The van der Waals surface area contributed by atoms with Gasteiger partial charge in [0.1, 0.15) is 10.7 Å². The van der Waals surface area contributed by atoms with Gasteiger partial charge in [-0.05, 0) is 31.9 Å². The van der Waals surface area contributed by atoms with Crippen molar-refractivity contribution in [3.8, 4) is 11.5 Å². The summed E-state index contributed by atoms with van der Waals surface area (Å²) in [6.07, 6.45) is 1.61. The van der Waals surface area contributed by atoms with Gasteiger partial charge in [-0.3, -0.25) is 9.59 Å². The van der Waals surface area contributed by atoms with E-state index in [1.54, 1.807) is 12.1 Å². The Bertz CT molecular complexity index is 1060. The number of amides is 2. The first-order valence-corrected chi connectivity index (χ1v) is 10.7. The van der Waals surface area contributed by atoms with E-state index in [-0.39, 0.29) is 28.8 Å². The molecule has 30 heavy (non-hydrogen) atoms. The summed E-state index contributed by atoms with van der Waals surface area (Å²) in [5.74, 6) is -0.728. The Kier molecular flexibility index (Phi) is 6.32. The van der Waals surface area contributed by atoms with Gasteiger partial charge in [0.2, 0.25) is 10.0 Å². The molecule has 0 spiro atoms. The van der Waals surface area contributed by atoms with Gasteiger partial charge in [0.05, 0.1) is 7.11 Å². The van der Waals surface area contributed by atoms with E-state index in [1.807, 2.05) is 0 Å². The molecule has 11 heteroatoms. The Labute approximate surface area is 174 Å². The van der Waals surface area contributed by atoms with Crippen LogP contribution in [0, 0.1) is 6.92 Å². The lowest BCUT2D eigenvalue weighted by Gasteiger charge is -2.14. The van der Waals surface area contributed by atoms with Crippen LogP contribution in [0.3, 0.4) is 0 Å². The number of aryl methyl sites for hydroxylation is 1. The summed E-state index contributed by atoms with van der Waals surface area (Å²) in [5, 5.41) is 2.61. The third-order valence-electron chi connectivity index (χ3n) is 4.57. The highest BCUT2D eigenvalue weighted by Gasteiger charge is 2.31. The number of hydrogen-bond donors (Lipinski definition) is 2. The first-order valence-electron chi connectivity index (χ1n) is 9.23. The number of furan rings is 1. The number of nitrogens with zero attached hydrogens (tertiary/aromatic N) is 1. The normalized spacial score (nSPS) is 14.5. The summed E-state index contributed by atoms with van der Waals surface area (Å²) in [5.41, 5.74) is 5.42. The van der Waals surface area contributed by atoms with Crippen LogP contribution < -0.4 is 20.5 Å². The van der Waals surface area contributed by atoms with Crippen LogP contribution >= 0.6 is 0 Å². The zero-order valence-electron chi connectivity index (χ0n) is 16.6. The zero-order chi connectivity index (χ0) is 21.9. The largest absolute Gasteiger partial charge is 0.493 e. The van der Waals surface area contributed by atoms with E-state index in [2.05, 4.69) is 5.32 Å². The van der Waals surface area contributed by atoms with E-state index in [4.69, 9.17) is 19.6 Å². The molecule has 0 aliphatic carbocycles. The predicted octanol–water partition coefficient (Wildman–Crippen LogP) is 1.50. The molecule has 1 saturated heterocycles. The maximum atomic E-state index is 12.8. The van der Waals surface area contributed by atoms with Crippen LogP contribution in [0.25, 0.3) is 0 Å². The molecule has 2 aromatic rings. The summed E-state index contributed by atoms with van der Waals surface area (Å²) in [6.45, 7) is 2.05. The standard InChI is InChI=1S/C19H23N3O7S/c1-12-17(30(25,26)22-7-3-4-8-22)10-16(29-12)19(24)21-13-5-6-14(27-2)15(9-13)28-11-18(20)23/h5-6,9-10H,3-4,7-8,11H2,1-2H3,(H2,20,23)(H,21,24). The lowest BCUT2D eigenvalue weighted by molar-refractivity contribution is -0.119. The van der Waals surface area contributed by atoms with E-state index in [0.29, 0.717) is 24.5 Å². The number of hydrogen-bond acceptors (Lipinski definition) is 7. The smallest absolute Gasteiger partial charge is 0.291 e. The van der Waals surface area contributed by atoms with Gasteiger partial charge in [-0.2, -0.15) is 4.31 Å². The minimum atomic E-state index is -3.71. The van der Waals surface area contributed by atoms with Crippen LogP contribution in [-0.4, -0.2) is 51.3 Å². The first kappa shape index (κ1) is 21.7. The van der Waals surface area contributed by atoms with Crippen LogP contribution in [0.1, 0.15) is 29.2 Å². The fourth-order valence-electron chi connectivity index (χ4n) is 3.11. The molecule has 1 aliphatic rings. The molecule has 10 nitrogen and oxygen atoms in total. The van der Waals surface area contributed by atoms with Gasteiger partial charge in [0.15, 0.2) is 23.9 Å². The molecule has 0 radical (unpaired) electrons. The van der Waals surface area contributed by atoms with Crippen molar-refractivity contribution in [3.63, 3.8) is 0 Å². The van der Waals surface area contributed by atoms with Gasteiger partial charge < -0.3 is 24.9 Å². The molecule has 0 atom stereocenters. The molecule has 0 unspecified atom stereocenters. The minimum Gasteiger partial charge on any atom is -0.493 e. The second kappa shape index (κ2) is 8.76. The fourth-order valence-corrected chi connectivity index (χ4v) is 4.79. The molecule has 162 valence electrons. The Morgan fingerprint density at radius 3 is 2.53 bits per heavy atom. The molecular weight excluding hydrogens is 414 g/mol. The Hall–Kier alpha value is -3.05. The third-order valence-corrected chi connectivity index (χ3v) is 6.58. The average Bonchev–Trinajstić information content (AvgIpc) is 3.37. The highest BCUT2D eigenvalue weighted by Crippen LogP contribution is 2.31. The molecule has 1 aliphatic heterocycles. The molecule has 3 rings (SSSR count). The lowest BCUT2D eigenvalue weighted by atomic mass is 10.2. The van der Waals surface area contributed by atoms with E-state index in [1.165, 1.54) is 30.5 Å². The number of carbonyl (C=O) groups excluding carboxylic acids is 2. The fraction of sp³-hybridized carbons (Fsp3) is 0.368. The van der Waals surface area contributed by atoms with Gasteiger partial charge in [0, 0.05) is 30.9 Å². The maximum absolute atomic E-state index is 12.8. The number of sulfonamides is 1. The van der Waals surface area contributed by atoms with Crippen molar-refractivity contribution in [3.05, 3.63) is 35.8 Å². The average molecular weight is 437 g/mol. The molecular formula is C19H23N3O7S. The highest BCUT2D eigenvalue weighted by atomic mass is 32.2. The summed E-state index contributed by atoms with van der Waals surface area (Å²) < 4.78 is 42.7. The molecule has 1 fully saturated rings. The lowest BCUT2D eigenvalue weighted by Crippen LogP contribution is -2.28. The van der Waals surface area contributed by atoms with Gasteiger partial charge in [-0.1, -0.05) is 0 Å². The zero-order valence-corrected chi connectivity index (χ0v) is 17.5. The molecule has 2 heterocycles. The molecule has 0 saturated carbocycles. The molecule has 0 bridgehead atoms. The number of benzene rings is 1. The van der Waals surface area contributed by atoms with Crippen LogP contribution in [-0.2, 0) is 14.8 Å². The Morgan fingerprint density at radius 1 is 1.20 bits per heavy atom. The number of anilines is 1. The molecule has 1 aromatic heterocycles. The van der Waals surface area contributed by atoms with Crippen molar-refractivity contribution in [2.45, 2.75) is 24.7 Å². The summed E-state index contributed by atoms with van der Waals surface area (Å²) >= 11 is 0. The highest BCUT2D eigenvalue weighted by molar-refractivity contribution is 7.89. The van der Waals surface area contributed by atoms with Crippen LogP contribution in [0.5, 0.6) is 11.5 Å². The summed E-state index contributed by atoms with van der Waals surface area (Å²) in [7, 11) is -2.28. The second-order valence-corrected chi connectivity index (χ2v) is 8.62. The van der Waals surface area contributed by atoms with Gasteiger partial charge >= 0.3 is 0 Å². The quantitative estimate of drug-likeness (QED) is 0.637. The van der Waals surface area contributed by atoms with Crippen LogP contribution in [0.15, 0.2) is 33.6 Å². The molecule has 1 aromatic carbocycles. The van der Waals surface area contributed by atoms with E-state index < -0.39 is 21.8 Å². The predicted molar refractivity (Wildman–Crippen MR) is 107 cm³/mol. The van der Waals surface area contributed by atoms with Crippen LogP contribution in [0.2, 0.25) is 0 Å². The minimum absolute atomic E-state index is 0.0187. The number of methoxy groups -OCH3 is 1. The van der Waals surface area contributed by atoms with Crippen molar-refractivity contribution in [2.75, 3.05) is 32.1 Å². The number of carbonyl (C=O) groups is 2. The number of nitrogens with two attached hydrogens (primary N) is 1. The monoisotopic (exact) mass is 437 g/mol. The first-order chi connectivity index (χ1) is 14.2. The van der Waals surface area contributed by atoms with Gasteiger partial charge in [-0.25, -0.2) is 8.42 Å². The van der Waals surface area contributed by atoms with Crippen LogP contribution in [0.4, 0.5) is 5.69 Å². The van der Waals surface area contributed by atoms with E-state index in [0.717, 1.165) is 12.8 Å². The van der Waals surface area contributed by atoms with Crippen molar-refractivity contribution in [1.82, 2.24) is 4.31 Å². The number of nitrogens with one attached hydrogen (secondary N) is 1. The van der Waals surface area contributed by atoms with Gasteiger partial charge in [0.25, 0.3) is 11.8 Å². The topological polar surface area (TPSA) is 141 Å². The van der Waals surface area contributed by atoms with Crippen molar-refractivity contribution >= 4 is 27.5 Å². The van der Waals surface area contributed by atoms with E-state index >= 15 is 0 Å². The third kappa shape index (κ3) is 4.57. The number of primary amides is 1. The van der Waals surface area contributed by atoms with Crippen molar-refractivity contribution in [1.29, 1.82) is 0 Å². The Balaban J connectivity index is 1.79. The SMILES string of the molecule is COc1ccc(NC(=O)c2cc(S(=O)(=O)N3CCCC3)c(C)o2)cc1OCC(N)=O.